The molecule has 0 spiro atoms. The smallest absolute Gasteiger partial charge is 0.264 e. The van der Waals surface area contributed by atoms with E-state index in [9.17, 15) is 17.6 Å². The maximum Gasteiger partial charge on any atom is 0.264 e. The minimum atomic E-state index is -3.72. The zero-order valence-corrected chi connectivity index (χ0v) is 20.3. The van der Waals surface area contributed by atoms with Gasteiger partial charge in [-0.15, -0.1) is 11.3 Å². The number of aromatic nitrogens is 1. The molecule has 0 radical (unpaired) electrons. The normalized spacial score (nSPS) is 15.4. The van der Waals surface area contributed by atoms with Gasteiger partial charge in [0.05, 0.1) is 14.5 Å². The van der Waals surface area contributed by atoms with Crippen molar-refractivity contribution in [3.05, 3.63) is 41.0 Å². The van der Waals surface area contributed by atoms with Crippen LogP contribution in [-0.4, -0.2) is 56.4 Å². The third-order valence-electron chi connectivity index (χ3n) is 5.55. The molecule has 0 aliphatic carbocycles. The van der Waals surface area contributed by atoms with Crippen molar-refractivity contribution in [2.24, 2.45) is 0 Å². The van der Waals surface area contributed by atoms with Crippen LogP contribution in [0, 0.1) is 5.82 Å². The molecule has 1 N–H and O–H groups in total. The van der Waals surface area contributed by atoms with Crippen molar-refractivity contribution in [3.63, 3.8) is 0 Å². The molecular formula is C21H25FN4O3S3. The Labute approximate surface area is 194 Å². The van der Waals surface area contributed by atoms with E-state index in [4.69, 9.17) is 0 Å². The first-order chi connectivity index (χ1) is 15.3. The molecule has 11 heteroatoms. The summed E-state index contributed by atoms with van der Waals surface area (Å²) < 4.78 is 41.8. The molecule has 172 valence electrons. The molecule has 0 saturated carbocycles. The quantitative estimate of drug-likeness (QED) is 0.536. The Morgan fingerprint density at radius 2 is 1.84 bits per heavy atom. The highest BCUT2D eigenvalue weighted by Crippen LogP contribution is 2.35. The van der Waals surface area contributed by atoms with Gasteiger partial charge in [-0.2, -0.15) is 0 Å². The van der Waals surface area contributed by atoms with Crippen molar-refractivity contribution in [1.29, 1.82) is 0 Å². The fourth-order valence-electron chi connectivity index (χ4n) is 3.72. The molecule has 0 bridgehead atoms. The van der Waals surface area contributed by atoms with Crippen LogP contribution < -0.4 is 9.62 Å². The molecule has 1 saturated heterocycles. The summed E-state index contributed by atoms with van der Waals surface area (Å²) in [6.45, 7) is 6.92. The third-order valence-corrected chi connectivity index (χ3v) is 9.30. The fraction of sp³-hybridized carbons (Fsp3) is 0.429. The van der Waals surface area contributed by atoms with E-state index in [1.807, 2.05) is 6.07 Å². The van der Waals surface area contributed by atoms with Crippen LogP contribution in [0.2, 0.25) is 0 Å². The molecule has 1 aliphatic heterocycles. The van der Waals surface area contributed by atoms with Crippen LogP contribution >= 0.6 is 22.7 Å². The number of fused-ring (bicyclic) bond motifs is 1. The number of nitrogens with zero attached hydrogens (tertiary/aromatic N) is 3. The number of rotatable bonds is 7. The van der Waals surface area contributed by atoms with E-state index in [2.05, 4.69) is 28.5 Å². The van der Waals surface area contributed by atoms with Crippen molar-refractivity contribution in [2.75, 3.05) is 31.1 Å². The number of nitrogens with one attached hydrogen (secondary N) is 1. The Hall–Kier alpha value is -2.08. The fourth-order valence-corrected chi connectivity index (χ4v) is 7.33. The van der Waals surface area contributed by atoms with Gasteiger partial charge in [0.15, 0.2) is 5.13 Å². The number of carbonyl (C=O) groups is 1. The molecule has 1 fully saturated rings. The first-order valence-corrected chi connectivity index (χ1v) is 13.6. The molecule has 32 heavy (non-hydrogen) atoms. The maximum absolute atomic E-state index is 13.1. The number of thiophene rings is 1. The Balaban J connectivity index is 1.37. The van der Waals surface area contributed by atoms with E-state index in [1.54, 1.807) is 16.2 Å². The first-order valence-electron chi connectivity index (χ1n) is 10.5. The third kappa shape index (κ3) is 4.80. The topological polar surface area (TPSA) is 82.6 Å². The zero-order valence-electron chi connectivity index (χ0n) is 17.9. The molecule has 4 rings (SSSR count). The van der Waals surface area contributed by atoms with Gasteiger partial charge in [-0.3, -0.25) is 4.79 Å². The van der Waals surface area contributed by atoms with Crippen molar-refractivity contribution in [1.82, 2.24) is 14.6 Å². The summed E-state index contributed by atoms with van der Waals surface area (Å²) in [5, 5.41) is 0.976. The van der Waals surface area contributed by atoms with Gasteiger partial charge in [-0.05, 0) is 57.0 Å². The summed E-state index contributed by atoms with van der Waals surface area (Å²) in [5.74, 6) is -0.520. The lowest BCUT2D eigenvalue weighted by atomic mass is 10.1. The lowest BCUT2D eigenvalue weighted by Crippen LogP contribution is -2.46. The number of carbonyl (C=O) groups excluding carboxylic acids is 1. The number of benzene rings is 1. The second-order valence-electron chi connectivity index (χ2n) is 7.59. The summed E-state index contributed by atoms with van der Waals surface area (Å²) in [5.41, 5.74) is 0. The number of likely N-dealkylation sites (tertiary alicyclic amines) is 1. The van der Waals surface area contributed by atoms with Crippen molar-refractivity contribution < 1.29 is 17.6 Å². The maximum atomic E-state index is 13.1. The van der Waals surface area contributed by atoms with Gasteiger partial charge in [-0.25, -0.2) is 22.5 Å². The monoisotopic (exact) mass is 496 g/mol. The Morgan fingerprint density at radius 3 is 2.44 bits per heavy atom. The van der Waals surface area contributed by atoms with Gasteiger partial charge in [0.1, 0.15) is 10.6 Å². The Kier molecular flexibility index (Phi) is 6.80. The molecule has 2 aromatic heterocycles. The molecule has 1 aromatic carbocycles. The van der Waals surface area contributed by atoms with Crippen LogP contribution in [0.15, 0.2) is 35.2 Å². The van der Waals surface area contributed by atoms with Gasteiger partial charge in [0.25, 0.3) is 5.91 Å². The molecular weight excluding hydrogens is 471 g/mol. The Morgan fingerprint density at radius 1 is 1.19 bits per heavy atom. The molecule has 1 aliphatic rings. The number of halogens is 1. The molecule has 0 atom stereocenters. The van der Waals surface area contributed by atoms with Crippen LogP contribution in [0.1, 0.15) is 36.4 Å². The summed E-state index contributed by atoms with van der Waals surface area (Å²) in [7, 11) is -3.72. The van der Waals surface area contributed by atoms with E-state index >= 15 is 0 Å². The molecule has 7 nitrogen and oxygen atoms in total. The largest absolute Gasteiger partial charge is 0.349 e. The van der Waals surface area contributed by atoms with E-state index in [0.29, 0.717) is 30.8 Å². The van der Waals surface area contributed by atoms with Crippen LogP contribution in [0.3, 0.4) is 0 Å². The van der Waals surface area contributed by atoms with Crippen molar-refractivity contribution in [3.8, 4) is 0 Å². The van der Waals surface area contributed by atoms with Gasteiger partial charge < -0.3 is 9.80 Å². The average Bonchev–Trinajstić information content (AvgIpc) is 3.34. The minimum absolute atomic E-state index is 0.0349. The highest BCUT2D eigenvalue weighted by molar-refractivity contribution is 7.89. The molecule has 3 aromatic rings. The average molecular weight is 497 g/mol. The molecule has 0 unspecified atom stereocenters. The van der Waals surface area contributed by atoms with E-state index in [-0.39, 0.29) is 16.8 Å². The molecule has 3 heterocycles. The predicted octanol–water partition coefficient (Wildman–Crippen LogP) is 3.93. The van der Waals surface area contributed by atoms with Gasteiger partial charge in [0, 0.05) is 32.2 Å². The summed E-state index contributed by atoms with van der Waals surface area (Å²) >= 11 is 3.01. The number of anilines is 1. The second-order valence-corrected chi connectivity index (χ2v) is 11.3. The van der Waals surface area contributed by atoms with Crippen molar-refractivity contribution >= 4 is 53.3 Å². The van der Waals surface area contributed by atoms with E-state index in [0.717, 1.165) is 39.9 Å². The predicted molar refractivity (Wildman–Crippen MR) is 127 cm³/mol. The lowest BCUT2D eigenvalue weighted by Gasteiger charge is -2.32. The van der Waals surface area contributed by atoms with E-state index < -0.39 is 15.8 Å². The van der Waals surface area contributed by atoms with E-state index in [1.165, 1.54) is 23.5 Å². The Bertz CT molecular complexity index is 1160. The first kappa shape index (κ1) is 23.1. The van der Waals surface area contributed by atoms with Gasteiger partial charge in [0.2, 0.25) is 10.0 Å². The minimum Gasteiger partial charge on any atom is -0.349 e. The number of piperidine rings is 1. The second kappa shape index (κ2) is 9.42. The number of hydrogen-bond donors (Lipinski definition) is 1. The summed E-state index contributed by atoms with van der Waals surface area (Å²) in [6.07, 6.45) is 1.05. The molecule has 1 amide bonds. The van der Waals surface area contributed by atoms with Crippen molar-refractivity contribution in [2.45, 2.75) is 37.6 Å². The van der Waals surface area contributed by atoms with Crippen LogP contribution in [0.25, 0.3) is 9.53 Å². The number of thiazole rings is 1. The highest BCUT2D eigenvalue weighted by atomic mass is 32.2. The van der Waals surface area contributed by atoms with Gasteiger partial charge in [-0.1, -0.05) is 11.3 Å². The van der Waals surface area contributed by atoms with Gasteiger partial charge >= 0.3 is 0 Å². The SMILES string of the molecule is CCN(CC)c1nc2sc(C(=O)N3CCC(NS(=O)(=O)c4ccc(F)cc4)CC3)cc2s1. The highest BCUT2D eigenvalue weighted by Gasteiger charge is 2.28. The number of amides is 1. The number of sulfonamides is 1. The zero-order chi connectivity index (χ0) is 22.9. The lowest BCUT2D eigenvalue weighted by molar-refractivity contribution is 0.0716. The summed E-state index contributed by atoms with van der Waals surface area (Å²) in [4.78, 5) is 23.2. The number of hydrogen-bond acceptors (Lipinski definition) is 7. The van der Waals surface area contributed by atoms with Crippen LogP contribution in [-0.2, 0) is 10.0 Å². The van der Waals surface area contributed by atoms with Crippen LogP contribution in [0.5, 0.6) is 0 Å². The standard InChI is InChI=1S/C21H25FN4O3S3/c1-3-25(4-2)21-23-19-17(31-21)13-18(30-19)20(27)26-11-9-15(10-12-26)24-32(28,29)16-7-5-14(22)6-8-16/h5-8,13,15,24H,3-4,9-12H2,1-2H3. The summed E-state index contributed by atoms with van der Waals surface area (Å²) in [6, 6.07) is 6.40. The van der Waals surface area contributed by atoms with Crippen LogP contribution in [0.4, 0.5) is 9.52 Å².